The molecule has 1 aromatic rings. The van der Waals surface area contributed by atoms with E-state index in [1.807, 2.05) is 0 Å². The summed E-state index contributed by atoms with van der Waals surface area (Å²) in [6.07, 6.45) is 0. The lowest BCUT2D eigenvalue weighted by Crippen LogP contribution is -2.73. The van der Waals surface area contributed by atoms with Crippen LogP contribution in [-0.2, 0) is 4.79 Å². The highest BCUT2D eigenvalue weighted by molar-refractivity contribution is 5.98. The molecule has 1 heterocycles. The van der Waals surface area contributed by atoms with Gasteiger partial charge in [0.25, 0.3) is 11.8 Å². The number of likely N-dealkylation sites (tertiary alicyclic amines) is 1. The molecule has 1 atom stereocenters. The van der Waals surface area contributed by atoms with Crippen LogP contribution < -0.4 is 10.8 Å². The molecule has 1 unspecified atom stereocenters. The largest absolute Gasteiger partial charge is 0.384 e. The van der Waals surface area contributed by atoms with Gasteiger partial charge < -0.3 is 15.3 Å². The van der Waals surface area contributed by atoms with Crippen molar-refractivity contribution in [3.63, 3.8) is 0 Å². The first-order valence-electron chi connectivity index (χ1n) is 7.58. The highest BCUT2D eigenvalue weighted by Gasteiger charge is 2.50. The smallest absolute Gasteiger partial charge is 0.269 e. The molecule has 130 valence electrons. The second-order valence-electron chi connectivity index (χ2n) is 5.86. The van der Waals surface area contributed by atoms with Crippen LogP contribution in [0.1, 0.15) is 22.8 Å². The predicted molar refractivity (Wildman–Crippen MR) is 90.4 cm³/mol. The molecule has 1 aliphatic heterocycles. The average Bonchev–Trinajstić information content (AvgIpc) is 2.58. The Hall–Kier alpha value is -2.84. The first-order valence-corrected chi connectivity index (χ1v) is 7.58. The molecule has 4 N–H and O–H groups in total. The number of nitrogens with one attached hydrogen (secondary N) is 2. The Balaban J connectivity index is 2.11. The van der Waals surface area contributed by atoms with Crippen molar-refractivity contribution in [2.75, 3.05) is 20.1 Å². The lowest BCUT2D eigenvalue weighted by atomic mass is 9.85. The summed E-state index contributed by atoms with van der Waals surface area (Å²) in [5.41, 5.74) is 1.06. The van der Waals surface area contributed by atoms with Gasteiger partial charge in [-0.1, -0.05) is 11.8 Å². The standard InChI is InChI=1S/C18H19N3O4/c1-3-4-5-6-13-7-9-14(10-8-13)16(22)19-15(17(23)20-25)18(24)11-21(2)12-18/h7-10,15,24-25H,11-12H2,1-2H3,(H,19,22)(H,20,23). The molecule has 7 heteroatoms. The zero-order valence-corrected chi connectivity index (χ0v) is 14.0. The Labute approximate surface area is 146 Å². The van der Waals surface area contributed by atoms with E-state index in [0.717, 1.165) is 0 Å². The van der Waals surface area contributed by atoms with Crippen molar-refractivity contribution in [3.8, 4) is 23.7 Å². The van der Waals surface area contributed by atoms with Gasteiger partial charge in [0, 0.05) is 24.2 Å². The number of hydrogen-bond donors (Lipinski definition) is 4. The highest BCUT2D eigenvalue weighted by atomic mass is 16.5. The molecule has 0 aliphatic carbocycles. The van der Waals surface area contributed by atoms with Crippen LogP contribution in [0.2, 0.25) is 0 Å². The second kappa shape index (κ2) is 7.82. The topological polar surface area (TPSA) is 102 Å². The number of carbonyl (C=O) groups excluding carboxylic acids is 2. The number of rotatable bonds is 4. The molecule has 25 heavy (non-hydrogen) atoms. The lowest BCUT2D eigenvalue weighted by Gasteiger charge is -2.48. The summed E-state index contributed by atoms with van der Waals surface area (Å²) in [7, 11) is 1.77. The average molecular weight is 341 g/mol. The van der Waals surface area contributed by atoms with Crippen LogP contribution in [0.25, 0.3) is 0 Å². The Kier molecular flexibility index (Phi) is 5.79. The van der Waals surface area contributed by atoms with E-state index in [1.54, 1.807) is 43.1 Å². The van der Waals surface area contributed by atoms with Crippen LogP contribution in [0, 0.1) is 23.7 Å². The first kappa shape index (κ1) is 18.5. The Morgan fingerprint density at radius 1 is 1.24 bits per heavy atom. The lowest BCUT2D eigenvalue weighted by molar-refractivity contribution is -0.151. The molecule has 2 amide bonds. The zero-order valence-electron chi connectivity index (χ0n) is 14.0. The molecule has 2 rings (SSSR count). The van der Waals surface area contributed by atoms with Crippen LogP contribution in [0.4, 0.5) is 0 Å². The van der Waals surface area contributed by atoms with Gasteiger partial charge >= 0.3 is 0 Å². The molecular formula is C18H19N3O4. The molecule has 1 aliphatic rings. The number of benzene rings is 1. The molecule has 7 nitrogen and oxygen atoms in total. The Morgan fingerprint density at radius 2 is 1.88 bits per heavy atom. The van der Waals surface area contributed by atoms with Gasteiger partial charge in [0.1, 0.15) is 11.6 Å². The normalized spacial score (nSPS) is 16.2. The van der Waals surface area contributed by atoms with Gasteiger partial charge in [-0.2, -0.15) is 0 Å². The third-order valence-corrected chi connectivity index (χ3v) is 3.81. The summed E-state index contributed by atoms with van der Waals surface area (Å²) in [4.78, 5) is 26.0. The fourth-order valence-corrected chi connectivity index (χ4v) is 2.66. The summed E-state index contributed by atoms with van der Waals surface area (Å²) < 4.78 is 0. The van der Waals surface area contributed by atoms with E-state index in [0.29, 0.717) is 11.1 Å². The van der Waals surface area contributed by atoms with Gasteiger partial charge in [0.05, 0.1) is 0 Å². The molecule has 1 fully saturated rings. The van der Waals surface area contributed by atoms with Crippen molar-refractivity contribution in [3.05, 3.63) is 35.4 Å². The summed E-state index contributed by atoms with van der Waals surface area (Å²) in [5.74, 6) is 9.37. The van der Waals surface area contributed by atoms with E-state index in [1.165, 1.54) is 5.48 Å². The molecule has 0 bridgehead atoms. The summed E-state index contributed by atoms with van der Waals surface area (Å²) in [5, 5.41) is 21.8. The van der Waals surface area contributed by atoms with Crippen LogP contribution in [0.15, 0.2) is 24.3 Å². The third kappa shape index (κ3) is 4.37. The molecule has 0 aromatic heterocycles. The number of likely N-dealkylation sites (N-methyl/N-ethyl adjacent to an activating group) is 1. The number of nitrogens with zero attached hydrogens (tertiary/aromatic N) is 1. The third-order valence-electron chi connectivity index (χ3n) is 3.81. The number of amides is 2. The monoisotopic (exact) mass is 341 g/mol. The minimum atomic E-state index is -1.43. The number of hydroxylamine groups is 1. The van der Waals surface area contributed by atoms with Gasteiger partial charge in [-0.05, 0) is 50.1 Å². The summed E-state index contributed by atoms with van der Waals surface area (Å²) in [6, 6.07) is 5.17. The van der Waals surface area contributed by atoms with Crippen LogP contribution in [0.3, 0.4) is 0 Å². The molecule has 0 spiro atoms. The minimum absolute atomic E-state index is 0.207. The highest BCUT2D eigenvalue weighted by Crippen LogP contribution is 2.23. The van der Waals surface area contributed by atoms with Gasteiger partial charge in [-0.25, -0.2) is 5.48 Å². The zero-order chi connectivity index (χ0) is 18.4. The van der Waals surface area contributed by atoms with E-state index in [4.69, 9.17) is 5.21 Å². The summed E-state index contributed by atoms with van der Waals surface area (Å²) >= 11 is 0. The molecule has 1 saturated heterocycles. The predicted octanol–water partition coefficient (Wildman–Crippen LogP) is -0.658. The molecular weight excluding hydrogens is 322 g/mol. The van der Waals surface area contributed by atoms with Gasteiger partial charge in [-0.15, -0.1) is 0 Å². The van der Waals surface area contributed by atoms with Gasteiger partial charge in [0.15, 0.2) is 0 Å². The Bertz CT molecular complexity index is 775. The second-order valence-corrected chi connectivity index (χ2v) is 5.86. The van der Waals surface area contributed by atoms with Crippen molar-refractivity contribution in [1.82, 2.24) is 15.7 Å². The van der Waals surface area contributed by atoms with E-state index in [-0.39, 0.29) is 13.1 Å². The van der Waals surface area contributed by atoms with E-state index in [9.17, 15) is 14.7 Å². The SMILES string of the molecule is CC#CC#Cc1ccc(C(=O)NC(C(=O)NO)C2(O)CN(C)C2)cc1. The maximum absolute atomic E-state index is 12.4. The number of aliphatic hydroxyl groups is 1. The van der Waals surface area contributed by atoms with Gasteiger partial charge in [0.2, 0.25) is 0 Å². The maximum atomic E-state index is 12.4. The fourth-order valence-electron chi connectivity index (χ4n) is 2.66. The van der Waals surface area contributed by atoms with Crippen LogP contribution >= 0.6 is 0 Å². The fraction of sp³-hybridized carbons (Fsp3) is 0.333. The van der Waals surface area contributed by atoms with Crippen molar-refractivity contribution in [2.24, 2.45) is 0 Å². The number of hydrogen-bond acceptors (Lipinski definition) is 5. The van der Waals surface area contributed by atoms with Gasteiger partial charge in [-0.3, -0.25) is 14.8 Å². The van der Waals surface area contributed by atoms with E-state index in [2.05, 4.69) is 29.0 Å². The van der Waals surface area contributed by atoms with Crippen molar-refractivity contribution in [2.45, 2.75) is 18.6 Å². The van der Waals surface area contributed by atoms with Crippen molar-refractivity contribution in [1.29, 1.82) is 0 Å². The number of β-amino-alcohol motifs (C(OH)–C–C–N with tert-alkyl or cyclic N) is 1. The van der Waals surface area contributed by atoms with Crippen molar-refractivity contribution >= 4 is 11.8 Å². The quantitative estimate of drug-likeness (QED) is 0.331. The van der Waals surface area contributed by atoms with E-state index >= 15 is 0 Å². The van der Waals surface area contributed by atoms with E-state index < -0.39 is 23.5 Å². The summed E-state index contributed by atoms with van der Waals surface area (Å²) in [6.45, 7) is 2.10. The molecule has 0 radical (unpaired) electrons. The van der Waals surface area contributed by atoms with Crippen LogP contribution in [-0.4, -0.2) is 58.8 Å². The van der Waals surface area contributed by atoms with Crippen LogP contribution in [0.5, 0.6) is 0 Å². The Morgan fingerprint density at radius 3 is 2.40 bits per heavy atom. The molecule has 1 aromatic carbocycles. The van der Waals surface area contributed by atoms with Crippen molar-refractivity contribution < 1.29 is 19.9 Å². The number of carbonyl (C=O) groups is 2. The molecule has 0 saturated carbocycles. The first-order chi connectivity index (χ1) is 11.9. The minimum Gasteiger partial charge on any atom is -0.384 e. The maximum Gasteiger partial charge on any atom is 0.269 e.